The van der Waals surface area contributed by atoms with Gasteiger partial charge in [-0.3, -0.25) is 9.36 Å². The van der Waals surface area contributed by atoms with Gasteiger partial charge in [-0.15, -0.1) is 11.3 Å². The maximum absolute atomic E-state index is 13.8. The molecule has 0 saturated carbocycles. The SMILES string of the molecule is C[C@@H]1CCc2c(sc3nc(C[NH+]4CCOCC4)n(Cc4ccc(C#N)cc4)c(=O)c23)C1. The van der Waals surface area contributed by atoms with Crippen LogP contribution in [0.4, 0.5) is 0 Å². The van der Waals surface area contributed by atoms with Crippen LogP contribution in [-0.4, -0.2) is 35.9 Å². The van der Waals surface area contributed by atoms with E-state index in [0.717, 1.165) is 73.7 Å². The maximum Gasteiger partial charge on any atom is 0.263 e. The number of quaternary nitrogens is 1. The zero-order valence-electron chi connectivity index (χ0n) is 17.8. The van der Waals surface area contributed by atoms with Crippen LogP contribution in [0.25, 0.3) is 10.2 Å². The van der Waals surface area contributed by atoms with E-state index in [4.69, 9.17) is 15.0 Å². The van der Waals surface area contributed by atoms with Gasteiger partial charge in [-0.2, -0.15) is 5.26 Å². The number of benzene rings is 1. The minimum atomic E-state index is 0.0871. The number of ether oxygens (including phenoxy) is 1. The number of nitrogens with zero attached hydrogens (tertiary/aromatic N) is 3. The van der Waals surface area contributed by atoms with Gasteiger partial charge >= 0.3 is 0 Å². The molecule has 1 atom stereocenters. The second-order valence-electron chi connectivity index (χ2n) is 8.80. The Bertz CT molecular complexity index is 1200. The molecule has 0 bridgehead atoms. The second kappa shape index (κ2) is 8.54. The van der Waals surface area contributed by atoms with Crippen LogP contribution in [0.3, 0.4) is 0 Å². The number of hydrogen-bond donors (Lipinski definition) is 1. The third kappa shape index (κ3) is 4.03. The van der Waals surface area contributed by atoms with Crippen molar-refractivity contribution in [1.29, 1.82) is 5.26 Å². The Morgan fingerprint density at radius 1 is 1.29 bits per heavy atom. The number of nitrogens with one attached hydrogen (secondary N) is 1. The number of morpholine rings is 1. The van der Waals surface area contributed by atoms with Gasteiger partial charge in [-0.25, -0.2) is 4.98 Å². The molecular weight excluding hydrogens is 408 g/mol. The molecule has 1 aliphatic heterocycles. The van der Waals surface area contributed by atoms with Crippen molar-refractivity contribution in [3.8, 4) is 6.07 Å². The minimum absolute atomic E-state index is 0.0871. The number of thiophene rings is 1. The van der Waals surface area contributed by atoms with Crippen LogP contribution in [0.2, 0.25) is 0 Å². The second-order valence-corrected chi connectivity index (χ2v) is 9.88. The number of hydrogen-bond acceptors (Lipinski definition) is 5. The van der Waals surface area contributed by atoms with Crippen LogP contribution in [0, 0.1) is 17.2 Å². The number of rotatable bonds is 4. The summed E-state index contributed by atoms with van der Waals surface area (Å²) in [7, 11) is 0. The van der Waals surface area contributed by atoms with Gasteiger partial charge in [-0.05, 0) is 48.4 Å². The molecule has 0 spiro atoms. The molecule has 31 heavy (non-hydrogen) atoms. The first-order valence-corrected chi connectivity index (χ1v) is 11.9. The molecule has 2 aliphatic rings. The van der Waals surface area contributed by atoms with Crippen molar-refractivity contribution in [3.05, 3.63) is 62.0 Å². The zero-order valence-corrected chi connectivity index (χ0v) is 18.6. The molecule has 1 aromatic carbocycles. The van der Waals surface area contributed by atoms with Crippen LogP contribution in [-0.2, 0) is 30.7 Å². The Morgan fingerprint density at radius 2 is 2.06 bits per heavy atom. The van der Waals surface area contributed by atoms with Crippen molar-refractivity contribution in [1.82, 2.24) is 9.55 Å². The molecule has 160 valence electrons. The van der Waals surface area contributed by atoms with Gasteiger partial charge in [0.1, 0.15) is 24.5 Å². The lowest BCUT2D eigenvalue weighted by molar-refractivity contribution is -0.922. The molecule has 0 amide bonds. The number of fused-ring (bicyclic) bond motifs is 3. The Hall–Kier alpha value is -2.53. The highest BCUT2D eigenvalue weighted by molar-refractivity contribution is 7.18. The lowest BCUT2D eigenvalue weighted by atomic mass is 9.89. The summed E-state index contributed by atoms with van der Waals surface area (Å²) in [6, 6.07) is 9.66. The molecule has 2 aromatic heterocycles. The van der Waals surface area contributed by atoms with Crippen molar-refractivity contribution in [2.75, 3.05) is 26.3 Å². The van der Waals surface area contributed by atoms with E-state index in [1.54, 1.807) is 11.3 Å². The van der Waals surface area contributed by atoms with Crippen LogP contribution < -0.4 is 10.5 Å². The normalized spacial score (nSPS) is 19.3. The monoisotopic (exact) mass is 435 g/mol. The fourth-order valence-corrected chi connectivity index (χ4v) is 6.08. The highest BCUT2D eigenvalue weighted by Crippen LogP contribution is 2.35. The van der Waals surface area contributed by atoms with Crippen LogP contribution in [0.15, 0.2) is 29.1 Å². The van der Waals surface area contributed by atoms with Crippen molar-refractivity contribution >= 4 is 21.6 Å². The van der Waals surface area contributed by atoms with Crippen molar-refractivity contribution < 1.29 is 9.64 Å². The molecule has 3 aromatic rings. The van der Waals surface area contributed by atoms with E-state index in [0.29, 0.717) is 18.0 Å². The highest BCUT2D eigenvalue weighted by Gasteiger charge is 2.26. The first kappa shape index (κ1) is 20.4. The van der Waals surface area contributed by atoms with Crippen molar-refractivity contribution in [2.45, 2.75) is 39.3 Å². The zero-order chi connectivity index (χ0) is 21.4. The molecule has 1 N–H and O–H groups in total. The van der Waals surface area contributed by atoms with Gasteiger partial charge in [0.2, 0.25) is 0 Å². The molecule has 1 aliphatic carbocycles. The predicted molar refractivity (Wildman–Crippen MR) is 121 cm³/mol. The lowest BCUT2D eigenvalue weighted by Gasteiger charge is -2.24. The van der Waals surface area contributed by atoms with Gasteiger partial charge in [0.05, 0.1) is 36.8 Å². The fraction of sp³-hybridized carbons (Fsp3) is 0.458. The Balaban J connectivity index is 1.60. The smallest absolute Gasteiger partial charge is 0.263 e. The number of aryl methyl sites for hydroxylation is 1. The van der Waals surface area contributed by atoms with E-state index in [9.17, 15) is 4.79 Å². The topological polar surface area (TPSA) is 72.3 Å². The highest BCUT2D eigenvalue weighted by atomic mass is 32.1. The molecule has 0 unspecified atom stereocenters. The van der Waals surface area contributed by atoms with Gasteiger partial charge in [0.15, 0.2) is 5.82 Å². The number of nitriles is 1. The molecule has 3 heterocycles. The van der Waals surface area contributed by atoms with E-state index in [2.05, 4.69) is 13.0 Å². The average molecular weight is 436 g/mol. The largest absolute Gasteiger partial charge is 0.370 e. The summed E-state index contributed by atoms with van der Waals surface area (Å²) < 4.78 is 7.38. The van der Waals surface area contributed by atoms with Gasteiger partial charge < -0.3 is 9.64 Å². The third-order valence-corrected chi connectivity index (χ3v) is 7.67. The van der Waals surface area contributed by atoms with E-state index in [1.165, 1.54) is 15.3 Å². The van der Waals surface area contributed by atoms with E-state index in [1.807, 2.05) is 28.8 Å². The Labute approximate surface area is 185 Å². The van der Waals surface area contributed by atoms with E-state index < -0.39 is 0 Å². The molecule has 5 rings (SSSR count). The standard InChI is InChI=1S/C24H26N4O2S/c1-16-2-7-19-20(12-16)31-23-22(19)24(29)28(14-18-5-3-17(13-25)4-6-18)21(26-23)15-27-8-10-30-11-9-27/h3-6,16H,2,7-12,14-15H2,1H3/p+1/t16-/m1/s1. The van der Waals surface area contributed by atoms with Crippen LogP contribution in [0.5, 0.6) is 0 Å². The van der Waals surface area contributed by atoms with Gasteiger partial charge in [-0.1, -0.05) is 19.1 Å². The first-order valence-electron chi connectivity index (χ1n) is 11.1. The Kier molecular flexibility index (Phi) is 5.61. The molecule has 0 radical (unpaired) electrons. The van der Waals surface area contributed by atoms with Crippen LogP contribution in [0.1, 0.15) is 40.7 Å². The average Bonchev–Trinajstić information content (AvgIpc) is 3.15. The van der Waals surface area contributed by atoms with Crippen molar-refractivity contribution in [3.63, 3.8) is 0 Å². The van der Waals surface area contributed by atoms with Gasteiger partial charge in [0, 0.05) is 4.88 Å². The lowest BCUT2D eigenvalue weighted by Crippen LogP contribution is -3.13. The molecule has 6 nitrogen and oxygen atoms in total. The molecule has 7 heteroatoms. The summed E-state index contributed by atoms with van der Waals surface area (Å²) in [5, 5.41) is 9.92. The summed E-state index contributed by atoms with van der Waals surface area (Å²) in [6.07, 6.45) is 3.15. The van der Waals surface area contributed by atoms with E-state index in [-0.39, 0.29) is 5.56 Å². The molecule has 1 fully saturated rings. The minimum Gasteiger partial charge on any atom is -0.370 e. The predicted octanol–water partition coefficient (Wildman–Crippen LogP) is 1.92. The van der Waals surface area contributed by atoms with E-state index >= 15 is 0 Å². The summed E-state index contributed by atoms with van der Waals surface area (Å²) in [4.78, 5) is 22.5. The quantitative estimate of drug-likeness (QED) is 0.680. The summed E-state index contributed by atoms with van der Waals surface area (Å²) >= 11 is 1.72. The number of aromatic nitrogens is 2. The first-order chi connectivity index (χ1) is 15.1. The fourth-order valence-electron chi connectivity index (χ4n) is 4.69. The molecule has 1 saturated heterocycles. The Morgan fingerprint density at radius 3 is 2.81 bits per heavy atom. The third-order valence-electron chi connectivity index (χ3n) is 6.53. The summed E-state index contributed by atoms with van der Waals surface area (Å²) in [6.45, 7) is 6.87. The van der Waals surface area contributed by atoms with Gasteiger partial charge in [0.25, 0.3) is 5.56 Å². The van der Waals surface area contributed by atoms with Crippen LogP contribution >= 0.6 is 11.3 Å². The summed E-state index contributed by atoms with van der Waals surface area (Å²) in [5.41, 5.74) is 2.96. The summed E-state index contributed by atoms with van der Waals surface area (Å²) in [5.74, 6) is 1.52. The maximum atomic E-state index is 13.8. The van der Waals surface area contributed by atoms with Crippen molar-refractivity contribution in [2.24, 2.45) is 5.92 Å². The molecular formula is C24H27N4O2S+.